The van der Waals surface area contributed by atoms with Crippen molar-refractivity contribution < 1.29 is 19.6 Å². The highest BCUT2D eigenvalue weighted by atomic mass is 16.6. The van der Waals surface area contributed by atoms with Crippen molar-refractivity contribution in [2.45, 2.75) is 26.8 Å². The molecule has 116 valence electrons. The lowest BCUT2D eigenvalue weighted by molar-refractivity contribution is -0.385. The SMILES string of the molecule is CCN(c1cc(C(=O)O)cc([N+](=O)[O-])c1C)C(C)COC. The van der Waals surface area contributed by atoms with E-state index in [4.69, 9.17) is 9.84 Å². The second-order valence-corrected chi connectivity index (χ2v) is 4.79. The Hall–Kier alpha value is -2.15. The summed E-state index contributed by atoms with van der Waals surface area (Å²) in [6, 6.07) is 2.54. The van der Waals surface area contributed by atoms with Crippen LogP contribution in [0.4, 0.5) is 11.4 Å². The molecule has 1 atom stereocenters. The van der Waals surface area contributed by atoms with Crippen molar-refractivity contribution in [1.82, 2.24) is 0 Å². The topological polar surface area (TPSA) is 92.9 Å². The van der Waals surface area contributed by atoms with Crippen LogP contribution >= 0.6 is 0 Å². The van der Waals surface area contributed by atoms with Gasteiger partial charge in [-0.2, -0.15) is 0 Å². The fraction of sp³-hybridized carbons (Fsp3) is 0.500. The van der Waals surface area contributed by atoms with Crippen LogP contribution in [-0.4, -0.2) is 42.3 Å². The number of methoxy groups -OCH3 is 1. The van der Waals surface area contributed by atoms with Gasteiger partial charge in [0.15, 0.2) is 0 Å². The van der Waals surface area contributed by atoms with Crippen molar-refractivity contribution in [3.63, 3.8) is 0 Å². The predicted molar refractivity (Wildman–Crippen MR) is 79.2 cm³/mol. The van der Waals surface area contributed by atoms with Crippen LogP contribution in [0.15, 0.2) is 12.1 Å². The van der Waals surface area contributed by atoms with E-state index in [1.165, 1.54) is 6.07 Å². The predicted octanol–water partition coefficient (Wildman–Crippen LogP) is 2.46. The second kappa shape index (κ2) is 7.03. The zero-order valence-electron chi connectivity index (χ0n) is 12.6. The molecule has 1 rings (SSSR count). The number of rotatable bonds is 7. The van der Waals surface area contributed by atoms with Crippen LogP contribution in [0.2, 0.25) is 0 Å². The minimum absolute atomic E-state index is 0.0256. The number of nitrogens with zero attached hydrogens (tertiary/aromatic N) is 2. The van der Waals surface area contributed by atoms with Crippen LogP contribution in [0, 0.1) is 17.0 Å². The van der Waals surface area contributed by atoms with Crippen molar-refractivity contribution in [1.29, 1.82) is 0 Å². The first-order chi connectivity index (χ1) is 9.83. The van der Waals surface area contributed by atoms with Gasteiger partial charge in [0.2, 0.25) is 0 Å². The summed E-state index contributed by atoms with van der Waals surface area (Å²) in [5.41, 5.74) is 0.724. The molecule has 0 fully saturated rings. The summed E-state index contributed by atoms with van der Waals surface area (Å²) in [4.78, 5) is 23.7. The lowest BCUT2D eigenvalue weighted by Gasteiger charge is -2.31. The normalized spacial score (nSPS) is 12.0. The van der Waals surface area contributed by atoms with Gasteiger partial charge in [0.25, 0.3) is 5.69 Å². The highest BCUT2D eigenvalue weighted by Gasteiger charge is 2.23. The molecule has 21 heavy (non-hydrogen) atoms. The molecule has 0 saturated carbocycles. The molecule has 0 amide bonds. The highest BCUT2D eigenvalue weighted by Crippen LogP contribution is 2.31. The monoisotopic (exact) mass is 296 g/mol. The zero-order chi connectivity index (χ0) is 16.2. The molecule has 0 aromatic heterocycles. The lowest BCUT2D eigenvalue weighted by atomic mass is 10.0. The van der Waals surface area contributed by atoms with Gasteiger partial charge < -0.3 is 14.7 Å². The van der Waals surface area contributed by atoms with E-state index >= 15 is 0 Å². The van der Waals surface area contributed by atoms with Gasteiger partial charge >= 0.3 is 5.97 Å². The standard InChI is InChI=1S/C14H20N2O5/c1-5-15(9(2)8-21-4)12-6-11(14(17)18)7-13(10(12)3)16(19)20/h6-7,9H,5,8H2,1-4H3,(H,17,18). The number of ether oxygens (including phenoxy) is 1. The van der Waals surface area contributed by atoms with Crippen LogP contribution in [0.3, 0.4) is 0 Å². The summed E-state index contributed by atoms with van der Waals surface area (Å²) in [6.45, 7) is 6.49. The molecule has 0 radical (unpaired) electrons. The largest absolute Gasteiger partial charge is 0.478 e. The van der Waals surface area contributed by atoms with Gasteiger partial charge in [-0.25, -0.2) is 4.79 Å². The molecule has 0 saturated heterocycles. The van der Waals surface area contributed by atoms with Crippen LogP contribution in [0.25, 0.3) is 0 Å². The van der Waals surface area contributed by atoms with Crippen molar-refractivity contribution >= 4 is 17.3 Å². The fourth-order valence-corrected chi connectivity index (χ4v) is 2.35. The van der Waals surface area contributed by atoms with Gasteiger partial charge in [0, 0.05) is 31.5 Å². The number of anilines is 1. The average molecular weight is 296 g/mol. The first-order valence-corrected chi connectivity index (χ1v) is 6.61. The van der Waals surface area contributed by atoms with E-state index in [-0.39, 0.29) is 17.3 Å². The van der Waals surface area contributed by atoms with Crippen LogP contribution in [-0.2, 0) is 4.74 Å². The Balaban J connectivity index is 3.44. The number of hydrogen-bond acceptors (Lipinski definition) is 5. The number of carboxylic acid groups (broad SMARTS) is 1. The molecule has 0 bridgehead atoms. The summed E-state index contributed by atoms with van der Waals surface area (Å²) in [6.07, 6.45) is 0. The maximum absolute atomic E-state index is 11.2. The molecule has 7 nitrogen and oxygen atoms in total. The van der Waals surface area contributed by atoms with E-state index in [0.29, 0.717) is 24.4 Å². The molecule has 0 heterocycles. The Morgan fingerprint density at radius 3 is 2.57 bits per heavy atom. The first kappa shape index (κ1) is 16.9. The van der Waals surface area contributed by atoms with Gasteiger partial charge in [0.05, 0.1) is 22.7 Å². The van der Waals surface area contributed by atoms with E-state index in [1.54, 1.807) is 14.0 Å². The number of hydrogen-bond donors (Lipinski definition) is 1. The summed E-state index contributed by atoms with van der Waals surface area (Å²) in [5.74, 6) is -1.19. The quantitative estimate of drug-likeness (QED) is 0.613. The molecule has 1 N–H and O–H groups in total. The molecule has 1 aromatic carbocycles. The molecule has 1 unspecified atom stereocenters. The van der Waals surface area contributed by atoms with Gasteiger partial charge in [-0.1, -0.05) is 0 Å². The van der Waals surface area contributed by atoms with Crippen molar-refractivity contribution in [3.8, 4) is 0 Å². The van der Waals surface area contributed by atoms with Crippen LogP contribution < -0.4 is 4.90 Å². The number of carboxylic acids is 1. The zero-order valence-corrected chi connectivity index (χ0v) is 12.6. The highest BCUT2D eigenvalue weighted by molar-refractivity contribution is 5.90. The first-order valence-electron chi connectivity index (χ1n) is 6.61. The average Bonchev–Trinajstić information content (AvgIpc) is 2.41. The maximum atomic E-state index is 11.2. The lowest BCUT2D eigenvalue weighted by Crippen LogP contribution is -2.36. The van der Waals surface area contributed by atoms with Gasteiger partial charge in [0.1, 0.15) is 0 Å². The molecular formula is C14H20N2O5. The molecule has 0 aliphatic carbocycles. The molecule has 7 heteroatoms. The van der Waals surface area contributed by atoms with E-state index in [0.717, 1.165) is 6.07 Å². The molecular weight excluding hydrogens is 276 g/mol. The van der Waals surface area contributed by atoms with Gasteiger partial charge in [-0.3, -0.25) is 10.1 Å². The number of aromatic carboxylic acids is 1. The van der Waals surface area contributed by atoms with E-state index in [2.05, 4.69) is 0 Å². The number of nitro benzene ring substituents is 1. The smallest absolute Gasteiger partial charge is 0.336 e. The molecule has 0 aliphatic rings. The second-order valence-electron chi connectivity index (χ2n) is 4.79. The number of likely N-dealkylation sites (N-methyl/N-ethyl adjacent to an activating group) is 1. The minimum Gasteiger partial charge on any atom is -0.478 e. The summed E-state index contributed by atoms with van der Waals surface area (Å²) in [7, 11) is 1.58. The third kappa shape index (κ3) is 3.69. The summed E-state index contributed by atoms with van der Waals surface area (Å²) >= 11 is 0. The molecule has 0 spiro atoms. The Morgan fingerprint density at radius 2 is 2.14 bits per heavy atom. The van der Waals surface area contributed by atoms with Crippen molar-refractivity contribution in [3.05, 3.63) is 33.4 Å². The van der Waals surface area contributed by atoms with E-state index in [9.17, 15) is 14.9 Å². The number of carbonyl (C=O) groups is 1. The molecule has 1 aromatic rings. The van der Waals surface area contributed by atoms with Gasteiger partial charge in [-0.05, 0) is 26.8 Å². The summed E-state index contributed by atoms with van der Waals surface area (Å²) in [5, 5.41) is 20.3. The van der Waals surface area contributed by atoms with Gasteiger partial charge in [-0.15, -0.1) is 0 Å². The summed E-state index contributed by atoms with van der Waals surface area (Å²) < 4.78 is 5.11. The Morgan fingerprint density at radius 1 is 1.52 bits per heavy atom. The number of nitro groups is 1. The van der Waals surface area contributed by atoms with E-state index < -0.39 is 10.9 Å². The van der Waals surface area contributed by atoms with Crippen molar-refractivity contribution in [2.24, 2.45) is 0 Å². The van der Waals surface area contributed by atoms with E-state index in [1.807, 2.05) is 18.7 Å². The van der Waals surface area contributed by atoms with Crippen molar-refractivity contribution in [2.75, 3.05) is 25.2 Å². The fourth-order valence-electron chi connectivity index (χ4n) is 2.35. The third-order valence-electron chi connectivity index (χ3n) is 3.39. The van der Waals surface area contributed by atoms with Crippen LogP contribution in [0.5, 0.6) is 0 Å². The number of benzene rings is 1. The Bertz CT molecular complexity index is 544. The van der Waals surface area contributed by atoms with Crippen LogP contribution in [0.1, 0.15) is 29.8 Å². The third-order valence-corrected chi connectivity index (χ3v) is 3.39. The Kier molecular flexibility index (Phi) is 5.66. The Labute approximate surface area is 123 Å². The maximum Gasteiger partial charge on any atom is 0.336 e. The molecule has 0 aliphatic heterocycles. The minimum atomic E-state index is -1.19.